The summed E-state index contributed by atoms with van der Waals surface area (Å²) >= 11 is 0. The normalized spacial score (nSPS) is 13.2. The zero-order chi connectivity index (χ0) is 18.3. The van der Waals surface area contributed by atoms with E-state index in [9.17, 15) is 9.59 Å². The van der Waals surface area contributed by atoms with Gasteiger partial charge in [-0.3, -0.25) is 9.59 Å². The van der Waals surface area contributed by atoms with Gasteiger partial charge in [0.15, 0.2) is 11.5 Å². The molecule has 1 amide bonds. The van der Waals surface area contributed by atoms with Crippen molar-refractivity contribution in [3.8, 4) is 11.5 Å². The van der Waals surface area contributed by atoms with Gasteiger partial charge >= 0.3 is 5.97 Å². The number of carbonyl (C=O) groups excluding carboxylic acids is 1. The topological polar surface area (TPSA) is 94.1 Å². The fourth-order valence-electron chi connectivity index (χ4n) is 2.29. The van der Waals surface area contributed by atoms with Crippen LogP contribution in [0, 0.1) is 0 Å². The molecule has 0 aromatic heterocycles. The molecule has 1 aromatic carbocycles. The number of nitrogens with one attached hydrogen (secondary N) is 1. The Morgan fingerprint density at radius 1 is 1.25 bits per heavy atom. The molecule has 24 heavy (non-hydrogen) atoms. The van der Waals surface area contributed by atoms with Crippen LogP contribution in [0.4, 0.5) is 0 Å². The molecule has 2 N–H and O–H groups in total. The molecule has 1 aromatic rings. The van der Waals surface area contributed by atoms with Crippen LogP contribution in [-0.2, 0) is 9.53 Å². The molecule has 0 fully saturated rings. The Labute approximate surface area is 141 Å². The molecular weight excluding hydrogens is 314 g/mol. The lowest BCUT2D eigenvalue weighted by molar-refractivity contribution is -0.139. The fraction of sp³-hybridized carbons (Fsp3) is 0.529. The average molecular weight is 339 g/mol. The number of aliphatic carboxylic acids is 1. The predicted molar refractivity (Wildman–Crippen MR) is 88.8 cm³/mol. The third-order valence-electron chi connectivity index (χ3n) is 3.21. The molecule has 0 bridgehead atoms. The van der Waals surface area contributed by atoms with Crippen LogP contribution in [0.2, 0.25) is 0 Å². The van der Waals surface area contributed by atoms with Gasteiger partial charge in [-0.1, -0.05) is 0 Å². The van der Waals surface area contributed by atoms with Crippen LogP contribution in [0.25, 0.3) is 0 Å². The summed E-state index contributed by atoms with van der Waals surface area (Å²) in [5.41, 5.74) is -0.673. The van der Waals surface area contributed by atoms with Crippen LogP contribution in [0.3, 0.4) is 0 Å². The molecule has 0 aliphatic rings. The molecule has 0 radical (unpaired) electrons. The van der Waals surface area contributed by atoms with Gasteiger partial charge in [0, 0.05) is 12.7 Å². The predicted octanol–water partition coefficient (Wildman–Crippen LogP) is 2.09. The first-order valence-corrected chi connectivity index (χ1v) is 7.58. The summed E-state index contributed by atoms with van der Waals surface area (Å²) in [6, 6.07) is 4.81. The number of carbonyl (C=O) groups is 2. The Kier molecular flexibility index (Phi) is 7.03. The monoisotopic (exact) mass is 339 g/mol. The Hall–Kier alpha value is -2.28. The van der Waals surface area contributed by atoms with Gasteiger partial charge in [0.05, 0.1) is 31.8 Å². The number of methoxy groups -OCH3 is 2. The molecule has 7 nitrogen and oxygen atoms in total. The number of ether oxygens (including phenoxy) is 3. The van der Waals surface area contributed by atoms with Crippen molar-refractivity contribution in [3.63, 3.8) is 0 Å². The highest BCUT2D eigenvalue weighted by molar-refractivity contribution is 5.95. The van der Waals surface area contributed by atoms with Gasteiger partial charge < -0.3 is 24.6 Å². The molecule has 0 aliphatic heterocycles. The Balaban J connectivity index is 2.99. The number of hydrogen-bond acceptors (Lipinski definition) is 5. The van der Waals surface area contributed by atoms with Crippen molar-refractivity contribution in [2.45, 2.75) is 38.8 Å². The summed E-state index contributed by atoms with van der Waals surface area (Å²) < 4.78 is 15.9. The van der Waals surface area contributed by atoms with Gasteiger partial charge in [-0.25, -0.2) is 0 Å². The van der Waals surface area contributed by atoms with Crippen molar-refractivity contribution >= 4 is 11.9 Å². The summed E-state index contributed by atoms with van der Waals surface area (Å²) in [4.78, 5) is 23.5. The third kappa shape index (κ3) is 5.73. The van der Waals surface area contributed by atoms with Gasteiger partial charge in [-0.15, -0.1) is 0 Å². The van der Waals surface area contributed by atoms with E-state index in [4.69, 9.17) is 19.3 Å². The Morgan fingerprint density at radius 3 is 2.42 bits per heavy atom. The van der Waals surface area contributed by atoms with Crippen molar-refractivity contribution in [2.24, 2.45) is 0 Å². The van der Waals surface area contributed by atoms with Crippen LogP contribution >= 0.6 is 0 Å². The first kappa shape index (κ1) is 19.8. The van der Waals surface area contributed by atoms with Gasteiger partial charge in [0.25, 0.3) is 5.91 Å². The first-order chi connectivity index (χ1) is 11.2. The largest absolute Gasteiger partial charge is 0.493 e. The molecule has 0 spiro atoms. The zero-order valence-electron chi connectivity index (χ0n) is 14.7. The molecule has 1 unspecified atom stereocenters. The summed E-state index contributed by atoms with van der Waals surface area (Å²) in [6.45, 7) is 5.48. The van der Waals surface area contributed by atoms with Crippen LogP contribution in [0.1, 0.15) is 37.6 Å². The standard InChI is InChI=1S/C17H25NO6/c1-11(2)24-13-7-6-12(8-14(13)23-5)16(21)18-17(3,10-22-4)9-15(19)20/h6-8,11H,9-10H2,1-5H3,(H,18,21)(H,19,20). The maximum atomic E-state index is 12.5. The van der Waals surface area contributed by atoms with Gasteiger partial charge in [0.1, 0.15) is 0 Å². The second kappa shape index (κ2) is 8.54. The van der Waals surface area contributed by atoms with Crippen molar-refractivity contribution < 1.29 is 28.9 Å². The SMILES string of the molecule is COCC(C)(CC(=O)O)NC(=O)c1ccc(OC(C)C)c(OC)c1. The van der Waals surface area contributed by atoms with E-state index in [1.165, 1.54) is 14.2 Å². The molecule has 7 heteroatoms. The van der Waals surface area contributed by atoms with Crippen molar-refractivity contribution in [2.75, 3.05) is 20.8 Å². The minimum atomic E-state index is -1.02. The number of hydrogen-bond donors (Lipinski definition) is 2. The molecule has 1 rings (SSSR count). The van der Waals surface area contributed by atoms with Crippen LogP contribution in [0.15, 0.2) is 18.2 Å². The lowest BCUT2D eigenvalue weighted by atomic mass is 9.98. The second-order valence-corrected chi connectivity index (χ2v) is 6.05. The van der Waals surface area contributed by atoms with E-state index in [1.807, 2.05) is 13.8 Å². The summed E-state index contributed by atoms with van der Waals surface area (Å²) in [5.74, 6) is -0.462. The maximum absolute atomic E-state index is 12.5. The molecular formula is C17H25NO6. The van der Waals surface area contributed by atoms with Crippen LogP contribution < -0.4 is 14.8 Å². The van der Waals surface area contributed by atoms with Crippen LogP contribution in [-0.4, -0.2) is 49.5 Å². The Morgan fingerprint density at radius 2 is 1.92 bits per heavy atom. The maximum Gasteiger partial charge on any atom is 0.305 e. The molecule has 0 aliphatic carbocycles. The van der Waals surface area contributed by atoms with Crippen molar-refractivity contribution in [1.29, 1.82) is 0 Å². The lowest BCUT2D eigenvalue weighted by Crippen LogP contribution is -2.50. The van der Waals surface area contributed by atoms with E-state index in [0.717, 1.165) is 0 Å². The number of carboxylic acids is 1. The van der Waals surface area contributed by atoms with E-state index in [0.29, 0.717) is 17.1 Å². The van der Waals surface area contributed by atoms with E-state index in [1.54, 1.807) is 25.1 Å². The molecule has 0 saturated carbocycles. The van der Waals surface area contributed by atoms with Crippen molar-refractivity contribution in [3.05, 3.63) is 23.8 Å². The smallest absolute Gasteiger partial charge is 0.305 e. The first-order valence-electron chi connectivity index (χ1n) is 7.58. The number of benzene rings is 1. The number of amides is 1. The van der Waals surface area contributed by atoms with Crippen molar-refractivity contribution in [1.82, 2.24) is 5.32 Å². The molecule has 134 valence electrons. The highest BCUT2D eigenvalue weighted by Crippen LogP contribution is 2.29. The minimum absolute atomic E-state index is 0.0286. The minimum Gasteiger partial charge on any atom is -0.493 e. The highest BCUT2D eigenvalue weighted by atomic mass is 16.5. The van der Waals surface area contributed by atoms with E-state index >= 15 is 0 Å². The third-order valence-corrected chi connectivity index (χ3v) is 3.21. The second-order valence-electron chi connectivity index (χ2n) is 6.05. The van der Waals surface area contributed by atoms with Gasteiger partial charge in [0.2, 0.25) is 0 Å². The molecule has 1 atom stereocenters. The fourth-order valence-corrected chi connectivity index (χ4v) is 2.29. The zero-order valence-corrected chi connectivity index (χ0v) is 14.7. The quantitative estimate of drug-likeness (QED) is 0.715. The Bertz CT molecular complexity index is 586. The molecule has 0 saturated heterocycles. The van der Waals surface area contributed by atoms with E-state index in [-0.39, 0.29) is 19.1 Å². The summed E-state index contributed by atoms with van der Waals surface area (Å²) in [5, 5.41) is 11.7. The number of carboxylic acid groups (broad SMARTS) is 1. The van der Waals surface area contributed by atoms with Crippen LogP contribution in [0.5, 0.6) is 11.5 Å². The number of rotatable bonds is 9. The average Bonchev–Trinajstić information content (AvgIpc) is 2.45. The summed E-state index contributed by atoms with van der Waals surface area (Å²) in [6.07, 6.45) is -0.280. The molecule has 0 heterocycles. The summed E-state index contributed by atoms with van der Waals surface area (Å²) in [7, 11) is 2.94. The highest BCUT2D eigenvalue weighted by Gasteiger charge is 2.30. The lowest BCUT2D eigenvalue weighted by Gasteiger charge is -2.28. The van der Waals surface area contributed by atoms with Gasteiger partial charge in [-0.2, -0.15) is 0 Å². The van der Waals surface area contributed by atoms with E-state index < -0.39 is 17.4 Å². The van der Waals surface area contributed by atoms with Gasteiger partial charge in [-0.05, 0) is 39.0 Å². The van der Waals surface area contributed by atoms with E-state index in [2.05, 4.69) is 5.32 Å².